The zero-order chi connectivity index (χ0) is 71.1. The first-order valence-electron chi connectivity index (χ1n) is 34.5. The fourth-order valence-corrected chi connectivity index (χ4v) is 10.6. The number of hydrogen-bond acceptors (Lipinski definition) is 16. The van der Waals surface area contributed by atoms with E-state index in [-0.39, 0.29) is 112 Å². The highest BCUT2D eigenvalue weighted by Crippen LogP contribution is 2.17. The van der Waals surface area contributed by atoms with Crippen molar-refractivity contribution in [1.82, 2.24) is 53.2 Å². The van der Waals surface area contributed by atoms with Crippen LogP contribution in [0.15, 0.2) is 0 Å². The quantitative estimate of drug-likeness (QED) is 0.0384. The Morgan fingerprint density at radius 2 is 0.398 bits per heavy atom. The average Bonchev–Trinajstić information content (AvgIpc) is 1.72. The van der Waals surface area contributed by atoms with Crippen LogP contribution in [0.4, 0.5) is 0 Å². The summed E-state index contributed by atoms with van der Waals surface area (Å²) >= 11 is 0. The van der Waals surface area contributed by atoms with Crippen molar-refractivity contribution in [3.05, 3.63) is 0 Å². The van der Waals surface area contributed by atoms with Gasteiger partial charge in [0.25, 0.3) is 0 Å². The maximum Gasteiger partial charge on any atom is 0.243 e. The normalized spacial score (nSPS) is 15.2. The van der Waals surface area contributed by atoms with Crippen molar-refractivity contribution in [1.29, 1.82) is 0 Å². The lowest BCUT2D eigenvalue weighted by molar-refractivity contribution is -0.136. The van der Waals surface area contributed by atoms with E-state index >= 15 is 0 Å². The van der Waals surface area contributed by atoms with Crippen LogP contribution in [0.2, 0.25) is 0 Å². The molecule has 22 N–H and O–H groups in total. The second-order valence-corrected chi connectivity index (χ2v) is 28.2. The lowest BCUT2D eigenvalue weighted by Gasteiger charge is -2.30. The number of carbonyl (C=O) groups excluding carboxylic acids is 11. The van der Waals surface area contributed by atoms with Gasteiger partial charge in [0, 0.05) is 0 Å². The molecule has 11 amide bonds. The molecule has 0 fully saturated rings. The minimum absolute atomic E-state index is 0.0280. The van der Waals surface area contributed by atoms with Crippen LogP contribution >= 0.6 is 0 Å². The fraction of sp³-hybridized carbons (Fsp3) is 0.833. The Kier molecular flexibility index (Phi) is 44.7. The molecule has 0 aliphatic heterocycles. The summed E-state index contributed by atoms with van der Waals surface area (Å²) in [5, 5.41) is 28.1. The van der Waals surface area contributed by atoms with Gasteiger partial charge in [-0.1, -0.05) is 103 Å². The summed E-state index contributed by atoms with van der Waals surface area (Å²) in [4.78, 5) is 154. The van der Waals surface area contributed by atoms with Crippen LogP contribution < -0.4 is 87.6 Å². The molecule has 0 aromatic rings. The molecule has 93 heavy (non-hydrogen) atoms. The molecule has 0 heterocycles. The Hall–Kier alpha value is -6.03. The second kappa shape index (κ2) is 47.8. The van der Waals surface area contributed by atoms with Crippen molar-refractivity contribution in [2.75, 3.05) is 26.2 Å². The van der Waals surface area contributed by atoms with Crippen LogP contribution in [0.25, 0.3) is 0 Å². The van der Waals surface area contributed by atoms with Crippen LogP contribution in [0, 0.1) is 41.4 Å². The molecule has 538 valence electrons. The average molecular weight is 1320 g/mol. The Labute approximate surface area is 556 Å². The van der Waals surface area contributed by atoms with Gasteiger partial charge in [-0.2, -0.15) is 0 Å². The van der Waals surface area contributed by atoms with Crippen molar-refractivity contribution in [2.45, 2.75) is 285 Å². The summed E-state index contributed by atoms with van der Waals surface area (Å²) in [6.45, 7) is 27.5. The van der Waals surface area contributed by atoms with Crippen LogP contribution in [0.3, 0.4) is 0 Å². The predicted molar refractivity (Wildman–Crippen MR) is 364 cm³/mol. The van der Waals surface area contributed by atoms with Crippen LogP contribution in [0.1, 0.15) is 219 Å². The molecular weight excluding hydrogens is 1190 g/mol. The lowest BCUT2D eigenvalue weighted by Crippen LogP contribution is -2.61. The molecular formula is C66H128N16O11. The van der Waals surface area contributed by atoms with E-state index in [0.29, 0.717) is 77.4 Å². The van der Waals surface area contributed by atoms with Gasteiger partial charge >= 0.3 is 0 Å². The minimum Gasteiger partial charge on any atom is -0.368 e. The van der Waals surface area contributed by atoms with Crippen molar-refractivity contribution in [3.63, 3.8) is 0 Å². The highest BCUT2D eigenvalue weighted by atomic mass is 16.2. The largest absolute Gasteiger partial charge is 0.368 e. The van der Waals surface area contributed by atoms with Crippen molar-refractivity contribution < 1.29 is 52.7 Å². The van der Waals surface area contributed by atoms with Gasteiger partial charge in [-0.05, 0) is 183 Å². The number of unbranched alkanes of at least 4 members (excludes halogenated alkanes) is 4. The molecule has 0 aliphatic carbocycles. The predicted octanol–water partition coefficient (Wildman–Crippen LogP) is 1.49. The standard InChI is InChI=1S/C66H128N16O11/c1-38(2)31-49(56(72)83)76-63(90)52(34-41(7)8)82-66(93)55(37-44(13)14)79-60(87)48(26-18-22-30-70)75-62(89)51(33-40(5)6)81-65(92)54(36-43(11)12)78-59(86)47(25-17-21-29-69)74-61(88)50(32-39(3)4)80-64(91)53(35-42(9)10)77-58(85)46(24-16-20-28-68)73-57(84)45(71)23-15-19-27-67/h38-55H,15-37,67-71H2,1-14H3,(H2,72,83)(H,73,84)(H,74,88)(H,75,89)(H,76,90)(H,77,85)(H,78,86)(H,79,87)(H,80,91)(H,81,92)(H,82,93)/t45-,46+,47-,48-,49-,50-,51-,52-,53+,54+,55+/m0/s1. The third-order valence-electron chi connectivity index (χ3n) is 15.5. The summed E-state index contributed by atoms with van der Waals surface area (Å²) in [6.07, 6.45) is 6.18. The molecule has 27 nitrogen and oxygen atoms in total. The molecule has 27 heteroatoms. The maximum absolute atomic E-state index is 14.6. The molecule has 0 bridgehead atoms. The van der Waals surface area contributed by atoms with Gasteiger partial charge in [-0.3, -0.25) is 52.7 Å². The number of rotatable bonds is 51. The SMILES string of the molecule is CC(C)C[C@H](NC(=O)[C@H](CC(C)C)NC(=O)[C@@H](CC(C)C)NC(=O)[C@H](CCCCN)NC(=O)[C@H](CC(C)C)NC(=O)[C@@H](CC(C)C)NC(=O)[C@H](CCCCN)NC(=O)[C@H](CC(C)C)NC(=O)[C@@H](CC(C)C)NC(=O)[C@@H](CCCCN)NC(=O)[C@@H](N)CCCCN)C(N)=O. The molecule has 0 aromatic carbocycles. The van der Waals surface area contributed by atoms with E-state index in [2.05, 4.69) is 53.2 Å². The zero-order valence-corrected chi connectivity index (χ0v) is 59.1. The topological polar surface area (TPSA) is 464 Å². The van der Waals surface area contributed by atoms with E-state index in [1.807, 2.05) is 96.9 Å². The molecule has 0 unspecified atom stereocenters. The monoisotopic (exact) mass is 1320 g/mol. The van der Waals surface area contributed by atoms with E-state index in [1.165, 1.54) is 0 Å². The van der Waals surface area contributed by atoms with Gasteiger partial charge in [-0.15, -0.1) is 0 Å². The Bertz CT molecular complexity index is 2270. The summed E-state index contributed by atoms with van der Waals surface area (Å²) in [7, 11) is 0. The highest BCUT2D eigenvalue weighted by molar-refractivity contribution is 5.99. The summed E-state index contributed by atoms with van der Waals surface area (Å²) in [5.41, 5.74) is 34.9. The molecule has 0 aliphatic rings. The van der Waals surface area contributed by atoms with Gasteiger partial charge in [0.15, 0.2) is 0 Å². The summed E-state index contributed by atoms with van der Waals surface area (Å²) < 4.78 is 0. The summed E-state index contributed by atoms with van der Waals surface area (Å²) in [5.74, 6) is -7.99. The molecule has 11 atom stereocenters. The first kappa shape index (κ1) is 87.0. The van der Waals surface area contributed by atoms with Gasteiger partial charge < -0.3 is 87.6 Å². The van der Waals surface area contributed by atoms with Gasteiger partial charge in [0.2, 0.25) is 65.0 Å². The number of primary amides is 1. The van der Waals surface area contributed by atoms with Gasteiger partial charge in [0.1, 0.15) is 60.4 Å². The highest BCUT2D eigenvalue weighted by Gasteiger charge is 2.37. The lowest BCUT2D eigenvalue weighted by atomic mass is 9.98. The second-order valence-electron chi connectivity index (χ2n) is 28.2. The number of hydrogen-bond donors (Lipinski definition) is 16. The van der Waals surface area contributed by atoms with Crippen molar-refractivity contribution in [2.24, 2.45) is 75.8 Å². The van der Waals surface area contributed by atoms with Crippen molar-refractivity contribution in [3.8, 4) is 0 Å². The smallest absolute Gasteiger partial charge is 0.243 e. The summed E-state index contributed by atoms with van der Waals surface area (Å²) in [6, 6.07) is -12.3. The maximum atomic E-state index is 14.6. The molecule has 0 spiro atoms. The van der Waals surface area contributed by atoms with Crippen molar-refractivity contribution >= 4 is 65.0 Å². The number of nitrogens with one attached hydrogen (secondary N) is 10. The third kappa shape index (κ3) is 38.2. The molecule has 0 radical (unpaired) electrons. The first-order chi connectivity index (χ1) is 43.6. The van der Waals surface area contributed by atoms with E-state index in [4.69, 9.17) is 34.4 Å². The van der Waals surface area contributed by atoms with Gasteiger partial charge in [-0.25, -0.2) is 0 Å². The van der Waals surface area contributed by atoms with Crippen LogP contribution in [-0.4, -0.2) is 158 Å². The molecule has 0 aromatic heterocycles. The molecule has 0 saturated carbocycles. The molecule has 0 saturated heterocycles. The number of amides is 11. The van der Waals surface area contributed by atoms with E-state index < -0.39 is 131 Å². The van der Waals surface area contributed by atoms with Crippen LogP contribution in [0.5, 0.6) is 0 Å². The molecule has 0 rings (SSSR count). The zero-order valence-electron chi connectivity index (χ0n) is 59.1. The van der Waals surface area contributed by atoms with Crippen LogP contribution in [-0.2, 0) is 52.7 Å². The minimum atomic E-state index is -1.23. The van der Waals surface area contributed by atoms with E-state index in [9.17, 15) is 52.7 Å². The van der Waals surface area contributed by atoms with E-state index in [0.717, 1.165) is 0 Å². The fourth-order valence-electron chi connectivity index (χ4n) is 10.6. The number of carbonyl (C=O) groups is 11. The Morgan fingerprint density at radius 3 is 0.591 bits per heavy atom. The van der Waals surface area contributed by atoms with E-state index in [1.54, 1.807) is 0 Å². The Balaban J connectivity index is 7.03. The first-order valence-corrected chi connectivity index (χ1v) is 34.5. The number of nitrogens with two attached hydrogens (primary N) is 6. The Morgan fingerprint density at radius 1 is 0.237 bits per heavy atom. The van der Waals surface area contributed by atoms with Gasteiger partial charge in [0.05, 0.1) is 6.04 Å². The third-order valence-corrected chi connectivity index (χ3v) is 15.5.